The Morgan fingerprint density at radius 3 is 2.64 bits per heavy atom. The molecule has 2 aromatic carbocycles. The van der Waals surface area contributed by atoms with Crippen LogP contribution in [0.15, 0.2) is 47.0 Å². The smallest absolute Gasteiger partial charge is 0.261 e. The lowest BCUT2D eigenvalue weighted by atomic mass is 10.1. The van der Waals surface area contributed by atoms with E-state index in [2.05, 4.69) is 10.1 Å². The largest absolute Gasteiger partial charge is 0.497 e. The second kappa shape index (κ2) is 7.52. The summed E-state index contributed by atoms with van der Waals surface area (Å²) in [5, 5.41) is 4.64. The van der Waals surface area contributed by atoms with Crippen molar-refractivity contribution in [2.45, 2.75) is 12.3 Å². The van der Waals surface area contributed by atoms with E-state index in [0.717, 1.165) is 11.4 Å². The number of rotatable bonds is 5. The normalized spacial score (nSPS) is 16.5. The molecule has 0 radical (unpaired) electrons. The van der Waals surface area contributed by atoms with Gasteiger partial charge in [0, 0.05) is 29.6 Å². The van der Waals surface area contributed by atoms with Crippen LogP contribution >= 0.6 is 11.6 Å². The summed E-state index contributed by atoms with van der Waals surface area (Å²) in [4.78, 5) is 18.7. The number of nitrogens with zero attached hydrogens (tertiary/aromatic N) is 3. The third kappa shape index (κ3) is 3.41. The first kappa shape index (κ1) is 18.3. The van der Waals surface area contributed by atoms with Gasteiger partial charge < -0.3 is 18.9 Å². The van der Waals surface area contributed by atoms with Crippen molar-refractivity contribution in [1.29, 1.82) is 0 Å². The first-order chi connectivity index (χ1) is 13.6. The number of benzene rings is 2. The highest BCUT2D eigenvalue weighted by atomic mass is 35.5. The maximum atomic E-state index is 12.5. The topological polar surface area (TPSA) is 77.7 Å². The number of methoxy groups -OCH3 is 2. The lowest BCUT2D eigenvalue weighted by molar-refractivity contribution is -0.117. The molecular formula is C20H18ClN3O4. The van der Waals surface area contributed by atoms with Crippen LogP contribution in [0.4, 0.5) is 5.69 Å². The van der Waals surface area contributed by atoms with Gasteiger partial charge in [0.1, 0.15) is 11.5 Å². The molecule has 1 unspecified atom stereocenters. The maximum Gasteiger partial charge on any atom is 0.261 e. The summed E-state index contributed by atoms with van der Waals surface area (Å²) in [7, 11) is 3.16. The Hall–Kier alpha value is -3.06. The second-order valence-electron chi connectivity index (χ2n) is 6.41. The van der Waals surface area contributed by atoms with Gasteiger partial charge in [-0.05, 0) is 42.5 Å². The van der Waals surface area contributed by atoms with Gasteiger partial charge >= 0.3 is 0 Å². The number of carbonyl (C=O) groups is 1. The maximum absolute atomic E-state index is 12.5. The summed E-state index contributed by atoms with van der Waals surface area (Å²) in [6.45, 7) is 0.488. The summed E-state index contributed by atoms with van der Waals surface area (Å²) in [5.74, 6) is 1.99. The van der Waals surface area contributed by atoms with Crippen molar-refractivity contribution in [2.24, 2.45) is 0 Å². The molecule has 0 spiro atoms. The molecule has 3 aromatic rings. The predicted molar refractivity (Wildman–Crippen MR) is 104 cm³/mol. The summed E-state index contributed by atoms with van der Waals surface area (Å²) < 4.78 is 15.9. The molecule has 28 heavy (non-hydrogen) atoms. The molecule has 1 saturated heterocycles. The third-order valence-corrected chi connectivity index (χ3v) is 4.95. The van der Waals surface area contributed by atoms with E-state index in [4.69, 9.17) is 25.6 Å². The Morgan fingerprint density at radius 1 is 1.14 bits per heavy atom. The van der Waals surface area contributed by atoms with Crippen molar-refractivity contribution >= 4 is 23.2 Å². The fourth-order valence-corrected chi connectivity index (χ4v) is 3.41. The van der Waals surface area contributed by atoms with Crippen LogP contribution in [0.5, 0.6) is 11.5 Å². The molecule has 7 nitrogen and oxygen atoms in total. The molecule has 0 aliphatic carbocycles. The molecule has 1 fully saturated rings. The van der Waals surface area contributed by atoms with Crippen molar-refractivity contribution in [2.75, 3.05) is 25.7 Å². The monoisotopic (exact) mass is 399 g/mol. The van der Waals surface area contributed by atoms with Gasteiger partial charge in [0.05, 0.1) is 19.8 Å². The minimum atomic E-state index is -0.148. The quantitative estimate of drug-likeness (QED) is 0.647. The average Bonchev–Trinajstić information content (AvgIpc) is 3.35. The lowest BCUT2D eigenvalue weighted by Crippen LogP contribution is -2.24. The summed E-state index contributed by atoms with van der Waals surface area (Å²) in [6, 6.07) is 12.6. The summed E-state index contributed by atoms with van der Waals surface area (Å²) in [6.07, 6.45) is 0.322. The van der Waals surface area contributed by atoms with E-state index in [1.54, 1.807) is 37.3 Å². The van der Waals surface area contributed by atoms with E-state index in [0.29, 0.717) is 41.0 Å². The number of hydrogen-bond donors (Lipinski definition) is 0. The SMILES string of the molecule is COc1ccc(N2CC(c3noc(-c4ccc(Cl)cc4OC)n3)CC2=O)cc1. The first-order valence-electron chi connectivity index (χ1n) is 8.71. The van der Waals surface area contributed by atoms with E-state index in [9.17, 15) is 4.79 Å². The molecule has 1 amide bonds. The zero-order valence-corrected chi connectivity index (χ0v) is 16.1. The molecule has 1 aliphatic heterocycles. The van der Waals surface area contributed by atoms with E-state index in [1.165, 1.54) is 0 Å². The Labute approximate surface area is 166 Å². The molecule has 8 heteroatoms. The molecule has 0 bridgehead atoms. The van der Waals surface area contributed by atoms with Gasteiger partial charge in [0.25, 0.3) is 5.89 Å². The molecule has 4 rings (SSSR count). The molecule has 144 valence electrons. The van der Waals surface area contributed by atoms with Crippen molar-refractivity contribution in [3.63, 3.8) is 0 Å². The van der Waals surface area contributed by atoms with E-state index in [1.807, 2.05) is 24.3 Å². The lowest BCUT2D eigenvalue weighted by Gasteiger charge is -2.16. The number of hydrogen-bond acceptors (Lipinski definition) is 6. The fourth-order valence-electron chi connectivity index (χ4n) is 3.24. The number of ether oxygens (including phenoxy) is 2. The second-order valence-corrected chi connectivity index (χ2v) is 6.84. The summed E-state index contributed by atoms with van der Waals surface area (Å²) in [5.41, 5.74) is 1.47. The Kier molecular flexibility index (Phi) is 4.92. The third-order valence-electron chi connectivity index (χ3n) is 4.71. The van der Waals surface area contributed by atoms with Crippen LogP contribution in [-0.4, -0.2) is 36.8 Å². The predicted octanol–water partition coefficient (Wildman–Crippen LogP) is 3.93. The standard InChI is InChI=1S/C20H18ClN3O4/c1-26-15-6-4-14(5-7-15)24-11-12(9-18(24)25)19-22-20(28-23-19)16-8-3-13(21)10-17(16)27-2/h3-8,10,12H,9,11H2,1-2H3. The van der Waals surface area contributed by atoms with Gasteiger partial charge in [-0.3, -0.25) is 4.79 Å². The zero-order chi connectivity index (χ0) is 19.7. The molecule has 1 atom stereocenters. The first-order valence-corrected chi connectivity index (χ1v) is 9.08. The van der Waals surface area contributed by atoms with Crippen LogP contribution in [0.1, 0.15) is 18.2 Å². The average molecular weight is 400 g/mol. The van der Waals surface area contributed by atoms with Crippen LogP contribution in [0.3, 0.4) is 0 Å². The highest BCUT2D eigenvalue weighted by Gasteiger charge is 2.34. The Morgan fingerprint density at radius 2 is 1.93 bits per heavy atom. The number of anilines is 1. The van der Waals surface area contributed by atoms with Gasteiger partial charge in [-0.1, -0.05) is 16.8 Å². The number of carbonyl (C=O) groups excluding carboxylic acids is 1. The molecule has 0 N–H and O–H groups in total. The van der Waals surface area contributed by atoms with Crippen LogP contribution in [-0.2, 0) is 4.79 Å². The molecule has 1 aliphatic rings. The van der Waals surface area contributed by atoms with Gasteiger partial charge in [0.2, 0.25) is 5.91 Å². The van der Waals surface area contributed by atoms with E-state index < -0.39 is 0 Å². The van der Waals surface area contributed by atoms with Gasteiger partial charge in [-0.15, -0.1) is 0 Å². The van der Waals surface area contributed by atoms with Crippen LogP contribution in [0, 0.1) is 0 Å². The van der Waals surface area contributed by atoms with Gasteiger partial charge in [-0.25, -0.2) is 0 Å². The van der Waals surface area contributed by atoms with Crippen molar-refractivity contribution in [3.05, 3.63) is 53.3 Å². The number of aromatic nitrogens is 2. The van der Waals surface area contributed by atoms with Crippen molar-refractivity contribution < 1.29 is 18.8 Å². The van der Waals surface area contributed by atoms with E-state index >= 15 is 0 Å². The van der Waals surface area contributed by atoms with Crippen LogP contribution in [0.2, 0.25) is 5.02 Å². The van der Waals surface area contributed by atoms with Gasteiger partial charge in [-0.2, -0.15) is 4.98 Å². The van der Waals surface area contributed by atoms with Gasteiger partial charge in [0.15, 0.2) is 5.82 Å². The Balaban J connectivity index is 1.55. The number of amides is 1. The molecule has 2 heterocycles. The van der Waals surface area contributed by atoms with Crippen molar-refractivity contribution in [1.82, 2.24) is 10.1 Å². The minimum absolute atomic E-state index is 0.0191. The number of halogens is 1. The fraction of sp³-hybridized carbons (Fsp3) is 0.250. The zero-order valence-electron chi connectivity index (χ0n) is 15.4. The molecular weight excluding hydrogens is 382 g/mol. The molecule has 0 saturated carbocycles. The highest BCUT2D eigenvalue weighted by molar-refractivity contribution is 6.30. The van der Waals surface area contributed by atoms with Crippen molar-refractivity contribution in [3.8, 4) is 23.0 Å². The summed E-state index contributed by atoms with van der Waals surface area (Å²) >= 11 is 6.00. The molecule has 1 aromatic heterocycles. The van der Waals surface area contributed by atoms with E-state index in [-0.39, 0.29) is 11.8 Å². The van der Waals surface area contributed by atoms with Crippen LogP contribution in [0.25, 0.3) is 11.5 Å². The highest BCUT2D eigenvalue weighted by Crippen LogP contribution is 2.35. The minimum Gasteiger partial charge on any atom is -0.497 e. The Bertz CT molecular complexity index is 1000. The van der Waals surface area contributed by atoms with Crippen LogP contribution < -0.4 is 14.4 Å².